The minimum Gasteiger partial charge on any atom is -0.391 e. The highest BCUT2D eigenvalue weighted by molar-refractivity contribution is 6.68. The van der Waals surface area contributed by atoms with E-state index in [4.69, 9.17) is 45.0 Å². The first-order chi connectivity index (χ1) is 3.85. The Hall–Kier alpha value is 0.790. The molecule has 2 unspecified atom stereocenters. The van der Waals surface area contributed by atoms with Crippen molar-refractivity contribution < 1.29 is 10.2 Å². The molecule has 0 aromatic heterocycles. The molecule has 0 saturated heterocycles. The van der Waals surface area contributed by atoms with Crippen LogP contribution in [-0.4, -0.2) is 26.2 Å². The summed E-state index contributed by atoms with van der Waals surface area (Å²) in [6.07, 6.45) is -2.36. The lowest BCUT2D eigenvalue weighted by molar-refractivity contribution is 0.0342. The quantitative estimate of drug-likeness (QED) is 0.612. The zero-order valence-electron chi connectivity index (χ0n) is 4.68. The minimum atomic E-state index is -1.80. The largest absolute Gasteiger partial charge is 0.391 e. The number of alkyl halides is 3. The van der Waals surface area contributed by atoms with E-state index in [-0.39, 0.29) is 0 Å². The van der Waals surface area contributed by atoms with E-state index in [0.717, 1.165) is 0 Å². The van der Waals surface area contributed by atoms with E-state index in [1.165, 1.54) is 6.92 Å². The van der Waals surface area contributed by atoms with E-state index in [0.29, 0.717) is 0 Å². The van der Waals surface area contributed by atoms with Crippen molar-refractivity contribution in [3.05, 3.63) is 0 Å². The van der Waals surface area contributed by atoms with Gasteiger partial charge in [-0.1, -0.05) is 34.8 Å². The van der Waals surface area contributed by atoms with Crippen LogP contribution in [0.25, 0.3) is 0 Å². The number of rotatable bonds is 1. The van der Waals surface area contributed by atoms with Gasteiger partial charge in [0.25, 0.3) is 0 Å². The maximum absolute atomic E-state index is 8.82. The Kier molecular flexibility index (Phi) is 3.55. The van der Waals surface area contributed by atoms with Crippen molar-refractivity contribution in [3.8, 4) is 0 Å². The lowest BCUT2D eigenvalue weighted by Crippen LogP contribution is -2.35. The van der Waals surface area contributed by atoms with Gasteiger partial charge in [-0.15, -0.1) is 0 Å². The topological polar surface area (TPSA) is 40.5 Å². The molecule has 56 valence electrons. The van der Waals surface area contributed by atoms with E-state index >= 15 is 0 Å². The number of aliphatic hydroxyl groups excluding tert-OH is 2. The molecule has 2 nitrogen and oxygen atoms in total. The van der Waals surface area contributed by atoms with Gasteiger partial charge in [0, 0.05) is 0 Å². The maximum Gasteiger partial charge on any atom is 0.218 e. The molecule has 0 aromatic rings. The number of aliphatic hydroxyl groups is 2. The van der Waals surface area contributed by atoms with Gasteiger partial charge in [-0.25, -0.2) is 0 Å². The fourth-order valence-electron chi connectivity index (χ4n) is 0.273. The van der Waals surface area contributed by atoms with Crippen LogP contribution in [0.1, 0.15) is 6.92 Å². The van der Waals surface area contributed by atoms with Crippen molar-refractivity contribution in [3.63, 3.8) is 0 Å². The van der Waals surface area contributed by atoms with Crippen molar-refractivity contribution in [2.45, 2.75) is 22.9 Å². The monoisotopic (exact) mass is 192 g/mol. The third kappa shape index (κ3) is 3.48. The van der Waals surface area contributed by atoms with Crippen LogP contribution in [0, 0.1) is 0 Å². The van der Waals surface area contributed by atoms with Crippen molar-refractivity contribution in [1.82, 2.24) is 0 Å². The first kappa shape index (κ1) is 9.79. The second kappa shape index (κ2) is 3.26. The maximum atomic E-state index is 8.82. The van der Waals surface area contributed by atoms with Crippen LogP contribution in [0.4, 0.5) is 0 Å². The first-order valence-corrected chi connectivity index (χ1v) is 3.42. The van der Waals surface area contributed by atoms with Crippen LogP contribution in [-0.2, 0) is 0 Å². The Morgan fingerprint density at radius 3 is 1.56 bits per heavy atom. The number of hydrogen-bond donors (Lipinski definition) is 2. The van der Waals surface area contributed by atoms with Crippen LogP contribution >= 0.6 is 34.8 Å². The van der Waals surface area contributed by atoms with Crippen molar-refractivity contribution in [1.29, 1.82) is 0 Å². The van der Waals surface area contributed by atoms with Crippen LogP contribution in [0.15, 0.2) is 0 Å². The molecule has 0 aliphatic carbocycles. The number of hydrogen-bond acceptors (Lipinski definition) is 2. The van der Waals surface area contributed by atoms with Crippen molar-refractivity contribution >= 4 is 34.8 Å². The van der Waals surface area contributed by atoms with Gasteiger partial charge in [-0.3, -0.25) is 0 Å². The van der Waals surface area contributed by atoms with Crippen LogP contribution in [0.2, 0.25) is 0 Å². The molecule has 2 N–H and O–H groups in total. The van der Waals surface area contributed by atoms with Gasteiger partial charge in [0.05, 0.1) is 6.10 Å². The third-order valence-electron chi connectivity index (χ3n) is 0.792. The van der Waals surface area contributed by atoms with E-state index in [9.17, 15) is 0 Å². The van der Waals surface area contributed by atoms with E-state index in [1.807, 2.05) is 0 Å². The zero-order chi connectivity index (χ0) is 7.65. The van der Waals surface area contributed by atoms with Crippen molar-refractivity contribution in [2.24, 2.45) is 0 Å². The van der Waals surface area contributed by atoms with Gasteiger partial charge in [-0.05, 0) is 6.92 Å². The van der Waals surface area contributed by atoms with E-state index < -0.39 is 16.0 Å². The Labute approximate surface area is 68.3 Å². The second-order valence-electron chi connectivity index (χ2n) is 1.73. The molecule has 2 atom stereocenters. The predicted molar refractivity (Wildman–Crippen MR) is 38.0 cm³/mol. The standard InChI is InChI=1S/C4H7Cl3O2/c1-2(8)3(9)4(5,6)7/h2-3,8-9H,1H3. The van der Waals surface area contributed by atoms with E-state index in [2.05, 4.69) is 0 Å². The summed E-state index contributed by atoms with van der Waals surface area (Å²) < 4.78 is -1.80. The molecule has 9 heavy (non-hydrogen) atoms. The summed E-state index contributed by atoms with van der Waals surface area (Å²) in [6.45, 7) is 1.34. The Bertz CT molecular complexity index is 88.3. The molecular formula is C4H7Cl3O2. The molecule has 0 radical (unpaired) electrons. The van der Waals surface area contributed by atoms with E-state index in [1.54, 1.807) is 0 Å². The van der Waals surface area contributed by atoms with Gasteiger partial charge < -0.3 is 10.2 Å². The molecule has 0 rings (SSSR count). The summed E-state index contributed by atoms with van der Waals surface area (Å²) in [4.78, 5) is 0. The lowest BCUT2D eigenvalue weighted by Gasteiger charge is -2.20. The molecule has 0 fully saturated rings. The predicted octanol–water partition coefficient (Wildman–Crippen LogP) is 1.10. The molecule has 0 aliphatic rings. The fraction of sp³-hybridized carbons (Fsp3) is 1.00. The zero-order valence-corrected chi connectivity index (χ0v) is 6.95. The smallest absolute Gasteiger partial charge is 0.218 e. The van der Waals surface area contributed by atoms with Gasteiger partial charge in [0.15, 0.2) is 0 Å². The average Bonchev–Trinajstić information content (AvgIpc) is 1.62. The third-order valence-corrected chi connectivity index (χ3v) is 1.46. The molecule has 0 amide bonds. The van der Waals surface area contributed by atoms with Gasteiger partial charge in [-0.2, -0.15) is 0 Å². The highest BCUT2D eigenvalue weighted by Gasteiger charge is 2.33. The lowest BCUT2D eigenvalue weighted by atomic mass is 10.2. The van der Waals surface area contributed by atoms with Crippen molar-refractivity contribution in [2.75, 3.05) is 0 Å². The highest BCUT2D eigenvalue weighted by atomic mass is 35.6. The van der Waals surface area contributed by atoms with Gasteiger partial charge in [0.2, 0.25) is 3.79 Å². The van der Waals surface area contributed by atoms with Gasteiger partial charge in [0.1, 0.15) is 6.10 Å². The Morgan fingerprint density at radius 2 is 1.56 bits per heavy atom. The minimum absolute atomic E-state index is 1.03. The SMILES string of the molecule is CC(O)C(O)C(Cl)(Cl)Cl. The summed E-state index contributed by atoms with van der Waals surface area (Å²) in [5, 5.41) is 17.5. The summed E-state index contributed by atoms with van der Waals surface area (Å²) >= 11 is 15.6. The van der Waals surface area contributed by atoms with Crippen LogP contribution in [0.5, 0.6) is 0 Å². The Balaban J connectivity index is 3.88. The van der Waals surface area contributed by atoms with Crippen LogP contribution in [0.3, 0.4) is 0 Å². The number of halogens is 3. The summed E-state index contributed by atoms with van der Waals surface area (Å²) in [5.74, 6) is 0. The second-order valence-corrected chi connectivity index (χ2v) is 4.10. The van der Waals surface area contributed by atoms with Gasteiger partial charge >= 0.3 is 0 Å². The molecule has 0 aromatic carbocycles. The summed E-state index contributed by atoms with van der Waals surface area (Å²) in [6, 6.07) is 0. The molecule has 0 saturated carbocycles. The molecule has 0 spiro atoms. The molecule has 0 bridgehead atoms. The average molecular weight is 193 g/mol. The van der Waals surface area contributed by atoms with Crippen LogP contribution < -0.4 is 0 Å². The normalized spacial score (nSPS) is 19.3. The summed E-state index contributed by atoms with van der Waals surface area (Å²) in [7, 11) is 0. The fourth-order valence-corrected chi connectivity index (χ4v) is 0.820. The first-order valence-electron chi connectivity index (χ1n) is 2.28. The molecule has 5 heteroatoms. The Morgan fingerprint density at radius 1 is 1.22 bits per heavy atom. The molecule has 0 heterocycles. The summed E-state index contributed by atoms with van der Waals surface area (Å²) in [5.41, 5.74) is 0. The highest BCUT2D eigenvalue weighted by Crippen LogP contribution is 2.31. The molecule has 0 aliphatic heterocycles. The molecular weight excluding hydrogens is 186 g/mol.